The minimum absolute atomic E-state index is 0.0482. The maximum atomic E-state index is 11.7. The average molecular weight is 230 g/mol. The Balaban J connectivity index is 2.23. The van der Waals surface area contributed by atoms with E-state index in [2.05, 4.69) is 10.6 Å². The van der Waals surface area contributed by atoms with Crippen molar-refractivity contribution >= 4 is 5.91 Å². The van der Waals surface area contributed by atoms with Crippen LogP contribution in [0.25, 0.3) is 0 Å². The molecule has 0 saturated carbocycles. The highest BCUT2D eigenvalue weighted by atomic mass is 16.3. The Labute approximate surface area is 96.2 Å². The third-order valence-electron chi connectivity index (χ3n) is 3.10. The Morgan fingerprint density at radius 1 is 1.62 bits per heavy atom. The van der Waals surface area contributed by atoms with Crippen LogP contribution in [0.15, 0.2) is 0 Å². The number of hydrogen-bond acceptors (Lipinski definition) is 4. The van der Waals surface area contributed by atoms with Crippen molar-refractivity contribution in [2.24, 2.45) is 5.92 Å². The lowest BCUT2D eigenvalue weighted by atomic mass is 10.0. The summed E-state index contributed by atoms with van der Waals surface area (Å²) in [5, 5.41) is 23.9. The van der Waals surface area contributed by atoms with Gasteiger partial charge in [0, 0.05) is 19.7 Å². The molecule has 1 heterocycles. The topological polar surface area (TPSA) is 81.6 Å². The monoisotopic (exact) mass is 230 g/mol. The fourth-order valence-electron chi connectivity index (χ4n) is 1.92. The van der Waals surface area contributed by atoms with Crippen molar-refractivity contribution in [3.63, 3.8) is 0 Å². The molecule has 1 saturated heterocycles. The van der Waals surface area contributed by atoms with Gasteiger partial charge in [-0.25, -0.2) is 0 Å². The maximum Gasteiger partial charge on any atom is 0.237 e. The van der Waals surface area contributed by atoms with Gasteiger partial charge in [-0.1, -0.05) is 13.3 Å². The van der Waals surface area contributed by atoms with Gasteiger partial charge in [-0.3, -0.25) is 4.79 Å². The van der Waals surface area contributed by atoms with Crippen molar-refractivity contribution in [1.29, 1.82) is 0 Å². The summed E-state index contributed by atoms with van der Waals surface area (Å²) in [7, 11) is 0. The number of aliphatic hydroxyl groups excluding tert-OH is 2. The van der Waals surface area contributed by atoms with E-state index in [1.807, 2.05) is 6.92 Å². The van der Waals surface area contributed by atoms with Gasteiger partial charge in [0.25, 0.3) is 0 Å². The second kappa shape index (κ2) is 6.83. The predicted octanol–water partition coefficient (Wildman–Crippen LogP) is -0.766. The highest BCUT2D eigenvalue weighted by Crippen LogP contribution is 2.08. The van der Waals surface area contributed by atoms with Gasteiger partial charge in [-0.2, -0.15) is 0 Å². The van der Waals surface area contributed by atoms with Crippen molar-refractivity contribution in [3.05, 3.63) is 0 Å². The van der Waals surface area contributed by atoms with Gasteiger partial charge in [-0.05, 0) is 18.8 Å². The molecule has 0 aromatic rings. The van der Waals surface area contributed by atoms with Gasteiger partial charge in [0.15, 0.2) is 0 Å². The van der Waals surface area contributed by atoms with E-state index in [4.69, 9.17) is 5.11 Å². The fourth-order valence-corrected chi connectivity index (χ4v) is 1.92. The van der Waals surface area contributed by atoms with Crippen LogP contribution in [0.4, 0.5) is 0 Å². The van der Waals surface area contributed by atoms with Crippen LogP contribution in [0.5, 0.6) is 0 Å². The number of rotatable bonds is 6. The summed E-state index contributed by atoms with van der Waals surface area (Å²) in [6.45, 7) is 3.30. The first-order valence-electron chi connectivity index (χ1n) is 5.97. The zero-order valence-corrected chi connectivity index (χ0v) is 9.78. The van der Waals surface area contributed by atoms with Crippen LogP contribution >= 0.6 is 0 Å². The molecule has 5 heteroatoms. The Bertz CT molecular complexity index is 223. The lowest BCUT2D eigenvalue weighted by Gasteiger charge is -2.16. The quantitative estimate of drug-likeness (QED) is 0.483. The lowest BCUT2D eigenvalue weighted by molar-refractivity contribution is -0.123. The summed E-state index contributed by atoms with van der Waals surface area (Å²) in [5.41, 5.74) is 0. The van der Waals surface area contributed by atoms with Crippen molar-refractivity contribution in [2.45, 2.75) is 38.3 Å². The normalized spacial score (nSPS) is 26.7. The van der Waals surface area contributed by atoms with Crippen LogP contribution in [0.2, 0.25) is 0 Å². The molecule has 3 unspecified atom stereocenters. The molecule has 16 heavy (non-hydrogen) atoms. The summed E-state index contributed by atoms with van der Waals surface area (Å²) in [4.78, 5) is 11.7. The first-order chi connectivity index (χ1) is 7.67. The highest BCUT2D eigenvalue weighted by Gasteiger charge is 2.27. The minimum Gasteiger partial charge on any atom is -0.396 e. The first-order valence-corrected chi connectivity index (χ1v) is 5.97. The van der Waals surface area contributed by atoms with Gasteiger partial charge >= 0.3 is 0 Å². The molecule has 5 nitrogen and oxygen atoms in total. The van der Waals surface area contributed by atoms with E-state index in [0.717, 1.165) is 12.8 Å². The second-order valence-electron chi connectivity index (χ2n) is 4.38. The predicted molar refractivity (Wildman–Crippen MR) is 60.9 cm³/mol. The van der Waals surface area contributed by atoms with Crippen LogP contribution in [0.1, 0.15) is 26.2 Å². The third kappa shape index (κ3) is 4.08. The zero-order chi connectivity index (χ0) is 12.0. The van der Waals surface area contributed by atoms with Gasteiger partial charge in [0.2, 0.25) is 5.91 Å². The molecular weight excluding hydrogens is 208 g/mol. The number of nitrogens with one attached hydrogen (secondary N) is 2. The van der Waals surface area contributed by atoms with Crippen LogP contribution in [0, 0.1) is 5.92 Å². The third-order valence-corrected chi connectivity index (χ3v) is 3.10. The minimum atomic E-state index is -0.407. The van der Waals surface area contributed by atoms with Gasteiger partial charge in [0.1, 0.15) is 0 Å². The summed E-state index contributed by atoms with van der Waals surface area (Å²) in [6.07, 6.45) is 1.75. The van der Waals surface area contributed by atoms with Crippen molar-refractivity contribution in [1.82, 2.24) is 10.6 Å². The van der Waals surface area contributed by atoms with E-state index in [1.165, 1.54) is 0 Å². The number of β-amino-alcohol motifs (C(OH)–C–C–N with tert-alkyl or cyclic N) is 1. The standard InChI is InChI=1S/C11H22N2O3/c1-2-8(3-4-14)6-13-11(16)10-5-9(15)7-12-10/h8-10,12,14-15H,2-7H2,1H3,(H,13,16). The van der Waals surface area contributed by atoms with Crippen molar-refractivity contribution in [3.8, 4) is 0 Å². The molecule has 0 aromatic heterocycles. The van der Waals surface area contributed by atoms with E-state index in [9.17, 15) is 9.90 Å². The highest BCUT2D eigenvalue weighted by molar-refractivity contribution is 5.82. The molecule has 0 aliphatic carbocycles. The molecule has 1 fully saturated rings. The molecular formula is C11H22N2O3. The van der Waals surface area contributed by atoms with E-state index < -0.39 is 6.10 Å². The molecule has 1 aliphatic rings. The van der Waals surface area contributed by atoms with Crippen LogP contribution in [-0.2, 0) is 4.79 Å². The van der Waals surface area contributed by atoms with Crippen LogP contribution < -0.4 is 10.6 Å². The summed E-state index contributed by atoms with van der Waals surface area (Å²) < 4.78 is 0. The number of aliphatic hydroxyl groups is 2. The number of carbonyl (C=O) groups excluding carboxylic acids is 1. The molecule has 1 rings (SSSR count). The molecule has 0 bridgehead atoms. The van der Waals surface area contributed by atoms with Crippen molar-refractivity contribution in [2.75, 3.05) is 19.7 Å². The largest absolute Gasteiger partial charge is 0.396 e. The van der Waals surface area contributed by atoms with Gasteiger partial charge < -0.3 is 20.8 Å². The molecule has 0 aromatic carbocycles. The van der Waals surface area contributed by atoms with Crippen LogP contribution in [0.3, 0.4) is 0 Å². The number of hydrogen-bond donors (Lipinski definition) is 4. The van der Waals surface area contributed by atoms with E-state index in [-0.39, 0.29) is 18.6 Å². The SMILES string of the molecule is CCC(CCO)CNC(=O)C1CC(O)CN1. The fraction of sp³-hybridized carbons (Fsp3) is 0.909. The van der Waals surface area contributed by atoms with Crippen molar-refractivity contribution < 1.29 is 15.0 Å². The Morgan fingerprint density at radius 3 is 2.88 bits per heavy atom. The number of carbonyl (C=O) groups is 1. The Hall–Kier alpha value is -0.650. The molecule has 0 spiro atoms. The molecule has 1 amide bonds. The maximum absolute atomic E-state index is 11.7. The van der Waals surface area contributed by atoms with E-state index in [1.54, 1.807) is 0 Å². The second-order valence-corrected chi connectivity index (χ2v) is 4.38. The lowest BCUT2D eigenvalue weighted by Crippen LogP contribution is -2.42. The molecule has 94 valence electrons. The smallest absolute Gasteiger partial charge is 0.237 e. The first kappa shape index (κ1) is 13.4. The van der Waals surface area contributed by atoms with Gasteiger partial charge in [-0.15, -0.1) is 0 Å². The van der Waals surface area contributed by atoms with E-state index in [0.29, 0.717) is 25.4 Å². The average Bonchev–Trinajstić information content (AvgIpc) is 2.70. The summed E-state index contributed by atoms with van der Waals surface area (Å²) in [5.74, 6) is 0.285. The Kier molecular flexibility index (Phi) is 5.73. The van der Waals surface area contributed by atoms with Crippen LogP contribution in [-0.4, -0.2) is 48.0 Å². The van der Waals surface area contributed by atoms with Gasteiger partial charge in [0.05, 0.1) is 12.1 Å². The Morgan fingerprint density at radius 2 is 2.38 bits per heavy atom. The molecule has 0 radical (unpaired) electrons. The zero-order valence-electron chi connectivity index (χ0n) is 9.78. The summed E-state index contributed by atoms with van der Waals surface area (Å²) in [6, 6.07) is -0.262. The molecule has 1 aliphatic heterocycles. The van der Waals surface area contributed by atoms with E-state index >= 15 is 0 Å². The molecule has 3 atom stereocenters. The molecule has 4 N–H and O–H groups in total. The number of amides is 1. The summed E-state index contributed by atoms with van der Waals surface area (Å²) >= 11 is 0.